The summed E-state index contributed by atoms with van der Waals surface area (Å²) in [6, 6.07) is 4.82. The Labute approximate surface area is 113 Å². The fourth-order valence-electron chi connectivity index (χ4n) is 1.54. The van der Waals surface area contributed by atoms with Crippen molar-refractivity contribution in [3.63, 3.8) is 0 Å². The van der Waals surface area contributed by atoms with E-state index < -0.39 is 5.97 Å². The Morgan fingerprint density at radius 2 is 2.17 bits per heavy atom. The summed E-state index contributed by atoms with van der Waals surface area (Å²) in [5.74, 6) is -1.15. The van der Waals surface area contributed by atoms with Gasteiger partial charge in [0.1, 0.15) is 0 Å². The van der Waals surface area contributed by atoms with Gasteiger partial charge in [0.15, 0.2) is 0 Å². The first-order chi connectivity index (χ1) is 8.52. The van der Waals surface area contributed by atoms with E-state index in [1.165, 1.54) is 0 Å². The van der Waals surface area contributed by atoms with E-state index in [4.69, 9.17) is 32.7 Å². The van der Waals surface area contributed by atoms with E-state index in [-0.39, 0.29) is 11.7 Å². The number of aromatic nitrogens is 1. The standard InChI is InChI=1S/C12H9Cl2NO3/c1-2-9-10(12(16)17)18-11(15-9)7-5-6(13)3-4-8(7)14/h3-5H,2H2,1H3,(H,16,17). The minimum atomic E-state index is -1.15. The molecule has 1 heterocycles. The molecule has 0 saturated heterocycles. The van der Waals surface area contributed by atoms with Crippen LogP contribution in [0.15, 0.2) is 22.6 Å². The van der Waals surface area contributed by atoms with E-state index in [1.54, 1.807) is 25.1 Å². The molecule has 0 fully saturated rings. The van der Waals surface area contributed by atoms with Crippen LogP contribution in [-0.2, 0) is 6.42 Å². The molecule has 2 aromatic rings. The zero-order valence-electron chi connectivity index (χ0n) is 9.41. The number of rotatable bonds is 3. The van der Waals surface area contributed by atoms with Crippen LogP contribution in [0.5, 0.6) is 0 Å². The highest BCUT2D eigenvalue weighted by atomic mass is 35.5. The molecule has 0 spiro atoms. The number of hydrogen-bond donors (Lipinski definition) is 1. The van der Waals surface area contributed by atoms with Crippen molar-refractivity contribution in [3.8, 4) is 11.5 Å². The number of aromatic carboxylic acids is 1. The second-order valence-electron chi connectivity index (χ2n) is 3.58. The molecule has 0 saturated carbocycles. The molecule has 1 N–H and O–H groups in total. The van der Waals surface area contributed by atoms with Crippen molar-refractivity contribution >= 4 is 29.2 Å². The molecule has 18 heavy (non-hydrogen) atoms. The highest BCUT2D eigenvalue weighted by Gasteiger charge is 2.20. The van der Waals surface area contributed by atoms with Crippen molar-refractivity contribution in [1.29, 1.82) is 0 Å². The fraction of sp³-hybridized carbons (Fsp3) is 0.167. The Bertz CT molecular complexity index is 607. The number of benzene rings is 1. The van der Waals surface area contributed by atoms with Crippen molar-refractivity contribution in [3.05, 3.63) is 39.7 Å². The highest BCUT2D eigenvalue weighted by Crippen LogP contribution is 2.31. The number of carboxylic acids is 1. The monoisotopic (exact) mass is 285 g/mol. The molecule has 1 aromatic heterocycles. The Hall–Kier alpha value is -1.52. The molecule has 0 bridgehead atoms. The van der Waals surface area contributed by atoms with E-state index in [2.05, 4.69) is 4.98 Å². The van der Waals surface area contributed by atoms with E-state index in [9.17, 15) is 4.79 Å². The topological polar surface area (TPSA) is 63.3 Å². The maximum Gasteiger partial charge on any atom is 0.373 e. The molecule has 94 valence electrons. The lowest BCUT2D eigenvalue weighted by molar-refractivity contribution is 0.0662. The summed E-state index contributed by atoms with van der Waals surface area (Å²) in [7, 11) is 0. The SMILES string of the molecule is CCc1nc(-c2cc(Cl)ccc2Cl)oc1C(=O)O. The van der Waals surface area contributed by atoms with Crippen LogP contribution in [0, 0.1) is 0 Å². The van der Waals surface area contributed by atoms with E-state index >= 15 is 0 Å². The van der Waals surface area contributed by atoms with Crippen LogP contribution in [-0.4, -0.2) is 16.1 Å². The smallest absolute Gasteiger partial charge is 0.373 e. The summed E-state index contributed by atoms with van der Waals surface area (Å²) in [4.78, 5) is 15.1. The third kappa shape index (κ3) is 2.35. The van der Waals surface area contributed by atoms with Crippen LogP contribution in [0.3, 0.4) is 0 Å². The van der Waals surface area contributed by atoms with Crippen molar-refractivity contribution in [2.45, 2.75) is 13.3 Å². The third-order valence-corrected chi connectivity index (χ3v) is 2.95. The zero-order valence-corrected chi connectivity index (χ0v) is 10.9. The lowest BCUT2D eigenvalue weighted by Gasteiger charge is -1.99. The van der Waals surface area contributed by atoms with Crippen LogP contribution >= 0.6 is 23.2 Å². The predicted molar refractivity (Wildman–Crippen MR) is 68.3 cm³/mol. The van der Waals surface area contributed by atoms with Gasteiger partial charge in [-0.05, 0) is 24.6 Å². The summed E-state index contributed by atoms with van der Waals surface area (Å²) in [6.07, 6.45) is 0.462. The van der Waals surface area contributed by atoms with Gasteiger partial charge in [-0.15, -0.1) is 0 Å². The second kappa shape index (κ2) is 5.00. The van der Waals surface area contributed by atoms with Crippen molar-refractivity contribution in [2.24, 2.45) is 0 Å². The minimum absolute atomic E-state index is 0.163. The Morgan fingerprint density at radius 1 is 1.44 bits per heavy atom. The second-order valence-corrected chi connectivity index (χ2v) is 4.42. The zero-order chi connectivity index (χ0) is 13.3. The molecule has 0 amide bonds. The molecule has 4 nitrogen and oxygen atoms in total. The molecule has 6 heteroatoms. The van der Waals surface area contributed by atoms with Crippen LogP contribution in [0.2, 0.25) is 10.0 Å². The molecule has 0 atom stereocenters. The summed E-state index contributed by atoms with van der Waals surface area (Å²) in [5.41, 5.74) is 0.861. The molecular weight excluding hydrogens is 277 g/mol. The van der Waals surface area contributed by atoms with E-state index in [1.807, 2.05) is 0 Å². The fourth-order valence-corrected chi connectivity index (χ4v) is 1.91. The molecule has 0 aliphatic heterocycles. The lowest BCUT2D eigenvalue weighted by Crippen LogP contribution is -1.98. The molecule has 0 unspecified atom stereocenters. The average molecular weight is 286 g/mol. The first-order valence-corrected chi connectivity index (χ1v) is 5.97. The van der Waals surface area contributed by atoms with Gasteiger partial charge in [0.05, 0.1) is 16.3 Å². The van der Waals surface area contributed by atoms with Crippen molar-refractivity contribution in [2.75, 3.05) is 0 Å². The van der Waals surface area contributed by atoms with Gasteiger partial charge >= 0.3 is 5.97 Å². The maximum absolute atomic E-state index is 11.0. The highest BCUT2D eigenvalue weighted by molar-refractivity contribution is 6.35. The number of oxazole rings is 1. The normalized spacial score (nSPS) is 10.6. The summed E-state index contributed by atoms with van der Waals surface area (Å²) in [5, 5.41) is 9.87. The minimum Gasteiger partial charge on any atom is -0.475 e. The van der Waals surface area contributed by atoms with Crippen LogP contribution in [0.1, 0.15) is 23.2 Å². The Kier molecular flexibility index (Phi) is 3.59. The lowest BCUT2D eigenvalue weighted by atomic mass is 10.2. The maximum atomic E-state index is 11.0. The Morgan fingerprint density at radius 3 is 2.72 bits per heavy atom. The molecule has 0 aliphatic carbocycles. The summed E-state index contributed by atoms with van der Waals surface area (Å²) < 4.78 is 5.24. The Balaban J connectivity index is 2.57. The van der Waals surface area contributed by atoms with Gasteiger partial charge in [0, 0.05) is 5.02 Å². The molecule has 0 radical (unpaired) electrons. The summed E-state index contributed by atoms with van der Waals surface area (Å²) >= 11 is 11.9. The summed E-state index contributed by atoms with van der Waals surface area (Å²) in [6.45, 7) is 1.80. The number of nitrogens with zero attached hydrogens (tertiary/aromatic N) is 1. The van der Waals surface area contributed by atoms with Gasteiger partial charge < -0.3 is 9.52 Å². The van der Waals surface area contributed by atoms with Crippen molar-refractivity contribution in [1.82, 2.24) is 4.98 Å². The van der Waals surface area contributed by atoms with Crippen molar-refractivity contribution < 1.29 is 14.3 Å². The van der Waals surface area contributed by atoms with Gasteiger partial charge in [0.25, 0.3) is 0 Å². The van der Waals surface area contributed by atoms with E-state index in [0.29, 0.717) is 27.7 Å². The average Bonchev–Trinajstić information content (AvgIpc) is 2.76. The van der Waals surface area contributed by atoms with Gasteiger partial charge in [-0.3, -0.25) is 0 Å². The number of carboxylic acid groups (broad SMARTS) is 1. The van der Waals surface area contributed by atoms with Crippen LogP contribution in [0.4, 0.5) is 0 Å². The first kappa shape index (κ1) is 12.9. The quantitative estimate of drug-likeness (QED) is 0.929. The predicted octanol–water partition coefficient (Wildman–Crippen LogP) is 3.91. The van der Waals surface area contributed by atoms with Crippen LogP contribution in [0.25, 0.3) is 11.5 Å². The molecule has 0 aliphatic rings. The van der Waals surface area contributed by atoms with Gasteiger partial charge in [0.2, 0.25) is 11.7 Å². The number of carbonyl (C=O) groups is 1. The van der Waals surface area contributed by atoms with E-state index in [0.717, 1.165) is 0 Å². The van der Waals surface area contributed by atoms with Gasteiger partial charge in [-0.2, -0.15) is 0 Å². The van der Waals surface area contributed by atoms with Gasteiger partial charge in [-0.1, -0.05) is 30.1 Å². The largest absolute Gasteiger partial charge is 0.475 e. The van der Waals surface area contributed by atoms with Gasteiger partial charge in [-0.25, -0.2) is 9.78 Å². The molecular formula is C12H9Cl2NO3. The van der Waals surface area contributed by atoms with Crippen LogP contribution < -0.4 is 0 Å². The molecule has 2 rings (SSSR count). The number of halogens is 2. The first-order valence-electron chi connectivity index (χ1n) is 5.21. The number of aryl methyl sites for hydroxylation is 1. The number of hydrogen-bond acceptors (Lipinski definition) is 3. The third-order valence-electron chi connectivity index (χ3n) is 2.39. The molecule has 1 aromatic carbocycles.